The molecule has 2 amide bonds. The summed E-state index contributed by atoms with van der Waals surface area (Å²) in [5.41, 5.74) is 0.475. The van der Waals surface area contributed by atoms with Crippen LogP contribution in [0, 0.1) is 5.41 Å². The number of ether oxygens (including phenoxy) is 1. The molecule has 1 heterocycles. The first-order valence-corrected chi connectivity index (χ1v) is 13.0. The first kappa shape index (κ1) is 28.2. The number of methoxy groups -OCH3 is 1. The van der Waals surface area contributed by atoms with Crippen LogP contribution in [-0.4, -0.2) is 85.3 Å². The predicted octanol–water partition coefficient (Wildman–Crippen LogP) is 4.53. The molecular weight excluding hydrogens is 450 g/mol. The number of halogens is 1. The van der Waals surface area contributed by atoms with Crippen molar-refractivity contribution in [2.24, 2.45) is 5.41 Å². The van der Waals surface area contributed by atoms with Crippen molar-refractivity contribution in [3.63, 3.8) is 0 Å². The van der Waals surface area contributed by atoms with E-state index in [-0.39, 0.29) is 11.8 Å². The van der Waals surface area contributed by atoms with Gasteiger partial charge in [0, 0.05) is 63.7 Å². The standard InChI is InChI=1S/C27H42ClN3O3/c1-5-6-7-14-25(32)30(15-10-12-23-11-8-9-13-24(23)34-4)19-16-29-17-20-31(21-18-29)26(33)27(2,3)22-28/h8-13H,5-7,14-22H2,1-4H3/b12-10+. The average molecular weight is 492 g/mol. The van der Waals surface area contributed by atoms with Gasteiger partial charge in [0.25, 0.3) is 0 Å². The molecule has 0 aliphatic carbocycles. The molecule has 0 saturated carbocycles. The Bertz CT molecular complexity index is 804. The zero-order valence-electron chi connectivity index (χ0n) is 21.4. The molecule has 1 saturated heterocycles. The van der Waals surface area contributed by atoms with Crippen LogP contribution in [0.2, 0.25) is 0 Å². The molecule has 0 radical (unpaired) electrons. The molecule has 34 heavy (non-hydrogen) atoms. The van der Waals surface area contributed by atoms with Crippen molar-refractivity contribution in [1.82, 2.24) is 14.7 Å². The molecule has 0 unspecified atom stereocenters. The van der Waals surface area contributed by atoms with Crippen LogP contribution >= 0.6 is 11.6 Å². The quantitative estimate of drug-likeness (QED) is 0.300. The fourth-order valence-electron chi connectivity index (χ4n) is 4.04. The summed E-state index contributed by atoms with van der Waals surface area (Å²) in [5.74, 6) is 1.47. The van der Waals surface area contributed by atoms with Gasteiger partial charge in [-0.1, -0.05) is 50.1 Å². The number of rotatable bonds is 13. The zero-order valence-corrected chi connectivity index (χ0v) is 22.1. The molecule has 0 bridgehead atoms. The third kappa shape index (κ3) is 8.62. The smallest absolute Gasteiger partial charge is 0.229 e. The van der Waals surface area contributed by atoms with Crippen LogP contribution in [0.25, 0.3) is 6.08 Å². The summed E-state index contributed by atoms with van der Waals surface area (Å²) in [6.45, 7) is 11.1. The van der Waals surface area contributed by atoms with Crippen LogP contribution in [0.3, 0.4) is 0 Å². The molecule has 0 aromatic heterocycles. The van der Waals surface area contributed by atoms with Gasteiger partial charge in [0.1, 0.15) is 5.75 Å². The highest BCUT2D eigenvalue weighted by molar-refractivity contribution is 6.19. The van der Waals surface area contributed by atoms with Gasteiger partial charge < -0.3 is 14.5 Å². The summed E-state index contributed by atoms with van der Waals surface area (Å²) in [6, 6.07) is 7.87. The van der Waals surface area contributed by atoms with E-state index in [1.807, 2.05) is 60.1 Å². The molecule has 7 heteroatoms. The van der Waals surface area contributed by atoms with E-state index in [0.29, 0.717) is 38.5 Å². The summed E-state index contributed by atoms with van der Waals surface area (Å²) >= 11 is 5.99. The topological polar surface area (TPSA) is 53.1 Å². The van der Waals surface area contributed by atoms with Gasteiger partial charge in [0.2, 0.25) is 11.8 Å². The van der Waals surface area contributed by atoms with Gasteiger partial charge in [-0.25, -0.2) is 0 Å². The van der Waals surface area contributed by atoms with Crippen molar-refractivity contribution in [3.05, 3.63) is 35.9 Å². The minimum atomic E-state index is -0.529. The molecule has 190 valence electrons. The molecule has 0 atom stereocenters. The molecule has 1 aliphatic rings. The Labute approximate surface area is 210 Å². The maximum Gasteiger partial charge on any atom is 0.229 e. The summed E-state index contributed by atoms with van der Waals surface area (Å²) in [6.07, 6.45) is 7.76. The van der Waals surface area contributed by atoms with E-state index in [9.17, 15) is 9.59 Å². The molecule has 1 aromatic rings. The molecule has 6 nitrogen and oxygen atoms in total. The highest BCUT2D eigenvalue weighted by Gasteiger charge is 2.33. The minimum absolute atomic E-state index is 0.122. The first-order chi connectivity index (χ1) is 16.3. The normalized spacial score (nSPS) is 15.0. The Hall–Kier alpha value is -2.05. The second-order valence-electron chi connectivity index (χ2n) is 9.59. The van der Waals surface area contributed by atoms with Crippen molar-refractivity contribution in [1.29, 1.82) is 0 Å². The number of unbranched alkanes of at least 4 members (excludes halogenated alkanes) is 2. The second kappa shape index (κ2) is 14.4. The average Bonchev–Trinajstić information content (AvgIpc) is 2.86. The number of benzene rings is 1. The molecule has 1 aromatic carbocycles. The van der Waals surface area contributed by atoms with Gasteiger partial charge in [-0.2, -0.15) is 0 Å². The number of piperazine rings is 1. The number of nitrogens with zero attached hydrogens (tertiary/aromatic N) is 3. The van der Waals surface area contributed by atoms with Gasteiger partial charge in [-0.05, 0) is 26.3 Å². The summed E-state index contributed by atoms with van der Waals surface area (Å²) in [5, 5.41) is 0. The Morgan fingerprint density at radius 1 is 1.15 bits per heavy atom. The monoisotopic (exact) mass is 491 g/mol. The predicted molar refractivity (Wildman–Crippen MR) is 140 cm³/mol. The number of carbonyl (C=O) groups excluding carboxylic acids is 2. The van der Waals surface area contributed by atoms with Crippen LogP contribution in [0.15, 0.2) is 30.3 Å². The Morgan fingerprint density at radius 2 is 1.85 bits per heavy atom. The first-order valence-electron chi connectivity index (χ1n) is 12.5. The maximum atomic E-state index is 12.9. The minimum Gasteiger partial charge on any atom is -0.496 e. The van der Waals surface area contributed by atoms with E-state index in [4.69, 9.17) is 16.3 Å². The highest BCUT2D eigenvalue weighted by atomic mass is 35.5. The van der Waals surface area contributed by atoms with Gasteiger partial charge in [0.05, 0.1) is 12.5 Å². The zero-order chi connectivity index (χ0) is 25.0. The fraction of sp³-hybridized carbons (Fsp3) is 0.630. The van der Waals surface area contributed by atoms with Gasteiger partial charge in [-0.15, -0.1) is 11.6 Å². The molecule has 1 fully saturated rings. The summed E-state index contributed by atoms with van der Waals surface area (Å²) in [7, 11) is 1.67. The highest BCUT2D eigenvalue weighted by Crippen LogP contribution is 2.22. The molecular formula is C27H42ClN3O3. The van der Waals surface area contributed by atoms with Gasteiger partial charge in [0.15, 0.2) is 0 Å². The van der Waals surface area contributed by atoms with Crippen LogP contribution in [-0.2, 0) is 9.59 Å². The van der Waals surface area contributed by atoms with Crippen LogP contribution < -0.4 is 4.74 Å². The van der Waals surface area contributed by atoms with Crippen LogP contribution in [0.1, 0.15) is 52.0 Å². The van der Waals surface area contributed by atoms with E-state index in [1.54, 1.807) is 7.11 Å². The van der Waals surface area contributed by atoms with E-state index in [1.165, 1.54) is 0 Å². The lowest BCUT2D eigenvalue weighted by Crippen LogP contribution is -2.53. The summed E-state index contributed by atoms with van der Waals surface area (Å²) < 4.78 is 5.42. The molecule has 2 rings (SSSR count). The molecule has 0 N–H and O–H groups in total. The number of carbonyl (C=O) groups is 2. The number of para-hydroxylation sites is 1. The maximum absolute atomic E-state index is 12.9. The van der Waals surface area contributed by atoms with Crippen LogP contribution in [0.4, 0.5) is 0 Å². The Kier molecular flexibility index (Phi) is 11.9. The number of hydrogen-bond donors (Lipinski definition) is 0. The second-order valence-corrected chi connectivity index (χ2v) is 9.86. The summed E-state index contributed by atoms with van der Waals surface area (Å²) in [4.78, 5) is 31.8. The molecule has 1 aliphatic heterocycles. The van der Waals surface area contributed by atoms with E-state index >= 15 is 0 Å². The lowest BCUT2D eigenvalue weighted by Gasteiger charge is -2.38. The fourth-order valence-corrected chi connectivity index (χ4v) is 4.15. The third-order valence-corrected chi connectivity index (χ3v) is 7.04. The Morgan fingerprint density at radius 3 is 2.50 bits per heavy atom. The molecule has 0 spiro atoms. The van der Waals surface area contributed by atoms with Crippen molar-refractivity contribution in [2.75, 3.05) is 58.8 Å². The number of amides is 2. The number of hydrogen-bond acceptors (Lipinski definition) is 4. The van der Waals surface area contributed by atoms with Crippen molar-refractivity contribution < 1.29 is 14.3 Å². The van der Waals surface area contributed by atoms with Crippen molar-refractivity contribution in [2.45, 2.75) is 46.5 Å². The van der Waals surface area contributed by atoms with Crippen molar-refractivity contribution in [3.8, 4) is 5.75 Å². The van der Waals surface area contributed by atoms with Crippen LogP contribution in [0.5, 0.6) is 5.75 Å². The van der Waals surface area contributed by atoms with Gasteiger partial charge >= 0.3 is 0 Å². The van der Waals surface area contributed by atoms with Gasteiger partial charge in [-0.3, -0.25) is 14.5 Å². The Balaban J connectivity index is 1.92. The van der Waals surface area contributed by atoms with E-state index in [0.717, 1.165) is 50.2 Å². The SMILES string of the molecule is CCCCCC(=O)N(C/C=C/c1ccccc1OC)CCN1CCN(C(=O)C(C)(C)CCl)CC1. The number of alkyl halides is 1. The lowest BCUT2D eigenvalue weighted by atomic mass is 9.94. The van der Waals surface area contributed by atoms with E-state index < -0.39 is 5.41 Å². The van der Waals surface area contributed by atoms with Crippen molar-refractivity contribution >= 4 is 29.5 Å². The van der Waals surface area contributed by atoms with E-state index in [2.05, 4.69) is 11.8 Å². The largest absolute Gasteiger partial charge is 0.496 e. The third-order valence-electron chi connectivity index (χ3n) is 6.37. The lowest BCUT2D eigenvalue weighted by molar-refractivity contribution is -0.141.